The molecule has 0 aliphatic carbocycles. The van der Waals surface area contributed by atoms with Crippen LogP contribution in [-0.2, 0) is 10.0 Å². The van der Waals surface area contributed by atoms with Crippen LogP contribution in [-0.4, -0.2) is 30.7 Å². The van der Waals surface area contributed by atoms with E-state index >= 15 is 0 Å². The second kappa shape index (κ2) is 5.94. The molecule has 0 aromatic carbocycles. The zero-order valence-electron chi connectivity index (χ0n) is 10.3. The number of anilines is 2. The summed E-state index contributed by atoms with van der Waals surface area (Å²) in [6, 6.07) is 0. The number of rotatable bonds is 6. The van der Waals surface area contributed by atoms with E-state index in [1.165, 1.54) is 6.33 Å². The van der Waals surface area contributed by atoms with Gasteiger partial charge in [-0.25, -0.2) is 29.4 Å². The molecule has 1 aromatic heterocycles. The molecule has 0 fully saturated rings. The van der Waals surface area contributed by atoms with Gasteiger partial charge in [-0.15, -0.1) is 0 Å². The van der Waals surface area contributed by atoms with E-state index in [0.29, 0.717) is 11.6 Å². The first kappa shape index (κ1) is 14.6. The lowest BCUT2D eigenvalue weighted by molar-refractivity contribution is 0.598. The van der Waals surface area contributed by atoms with Crippen LogP contribution >= 0.6 is 0 Å². The minimum Gasteiger partial charge on any atom is -0.369 e. The van der Waals surface area contributed by atoms with E-state index in [1.807, 2.05) is 13.8 Å². The summed E-state index contributed by atoms with van der Waals surface area (Å²) in [5.74, 6) is 6.40. The molecule has 0 radical (unpaired) electrons. The lowest BCUT2D eigenvalue weighted by Gasteiger charge is -2.16. The monoisotopic (exact) mass is 274 g/mol. The number of hydrazine groups is 1. The summed E-state index contributed by atoms with van der Waals surface area (Å²) in [6.07, 6.45) is 1.35. The van der Waals surface area contributed by atoms with Crippen molar-refractivity contribution in [1.82, 2.24) is 9.97 Å². The van der Waals surface area contributed by atoms with Crippen LogP contribution < -0.4 is 21.7 Å². The summed E-state index contributed by atoms with van der Waals surface area (Å²) in [4.78, 5) is 8.08. The smallest absolute Gasteiger partial charge is 0.210 e. The Morgan fingerprint density at radius 3 is 2.44 bits per heavy atom. The Balaban J connectivity index is 2.88. The first-order valence-corrected chi connectivity index (χ1v) is 7.12. The number of nitrogen functional groups attached to an aromatic ring is 1. The van der Waals surface area contributed by atoms with Crippen molar-refractivity contribution in [2.24, 2.45) is 11.0 Å². The number of sulfonamides is 1. The molecule has 1 heterocycles. The van der Waals surface area contributed by atoms with Crippen LogP contribution in [0.5, 0.6) is 0 Å². The van der Waals surface area contributed by atoms with Crippen LogP contribution in [0.1, 0.15) is 25.3 Å². The summed E-state index contributed by atoms with van der Waals surface area (Å²) in [7, 11) is -3.49. The standard InChI is InChI=1S/C9H18N6O2S/c1-6(2)7-8(12-3-4-18(11,16)17)13-5-14-9(7)15-10/h5-6H,3-4,10H2,1-2H3,(H2,11,16,17)(H2,12,13,14,15). The van der Waals surface area contributed by atoms with Gasteiger partial charge in [-0.2, -0.15) is 0 Å². The molecule has 1 aromatic rings. The van der Waals surface area contributed by atoms with Crippen molar-refractivity contribution >= 4 is 21.7 Å². The maximum absolute atomic E-state index is 10.8. The largest absolute Gasteiger partial charge is 0.369 e. The third-order valence-electron chi connectivity index (χ3n) is 2.28. The molecule has 6 N–H and O–H groups in total. The molecular formula is C9H18N6O2S. The van der Waals surface area contributed by atoms with E-state index in [1.54, 1.807) is 0 Å². The van der Waals surface area contributed by atoms with Crippen LogP contribution in [0.4, 0.5) is 11.6 Å². The van der Waals surface area contributed by atoms with Gasteiger partial charge >= 0.3 is 0 Å². The number of hydrogen-bond donors (Lipinski definition) is 4. The van der Waals surface area contributed by atoms with E-state index in [4.69, 9.17) is 11.0 Å². The molecule has 0 atom stereocenters. The van der Waals surface area contributed by atoms with Gasteiger partial charge in [0.05, 0.1) is 5.75 Å². The van der Waals surface area contributed by atoms with Gasteiger partial charge in [0.15, 0.2) is 0 Å². The molecule has 0 unspecified atom stereocenters. The van der Waals surface area contributed by atoms with E-state index in [9.17, 15) is 8.42 Å². The molecule has 9 heteroatoms. The Morgan fingerprint density at radius 2 is 1.94 bits per heavy atom. The second-order valence-electron chi connectivity index (χ2n) is 4.08. The molecule has 0 aliphatic heterocycles. The Morgan fingerprint density at radius 1 is 1.33 bits per heavy atom. The van der Waals surface area contributed by atoms with Crippen molar-refractivity contribution in [3.8, 4) is 0 Å². The number of nitrogens with one attached hydrogen (secondary N) is 2. The highest BCUT2D eigenvalue weighted by Crippen LogP contribution is 2.27. The zero-order chi connectivity index (χ0) is 13.8. The predicted molar refractivity (Wildman–Crippen MR) is 70.4 cm³/mol. The quantitative estimate of drug-likeness (QED) is 0.408. The first-order valence-electron chi connectivity index (χ1n) is 5.41. The molecule has 1 rings (SSSR count). The molecule has 0 amide bonds. The average molecular weight is 274 g/mol. The highest BCUT2D eigenvalue weighted by molar-refractivity contribution is 7.89. The van der Waals surface area contributed by atoms with Crippen molar-refractivity contribution in [3.63, 3.8) is 0 Å². The minimum atomic E-state index is -3.49. The number of hydrogen-bond acceptors (Lipinski definition) is 7. The average Bonchev–Trinajstić information content (AvgIpc) is 2.26. The van der Waals surface area contributed by atoms with Crippen LogP contribution in [0.25, 0.3) is 0 Å². The van der Waals surface area contributed by atoms with Gasteiger partial charge in [0.1, 0.15) is 18.0 Å². The first-order chi connectivity index (χ1) is 8.35. The number of primary sulfonamides is 1. The topological polar surface area (TPSA) is 136 Å². The normalized spacial score (nSPS) is 11.6. The third-order valence-corrected chi connectivity index (χ3v) is 3.05. The fourth-order valence-corrected chi connectivity index (χ4v) is 1.90. The van der Waals surface area contributed by atoms with Gasteiger partial charge in [-0.3, -0.25) is 0 Å². The summed E-state index contributed by atoms with van der Waals surface area (Å²) in [5, 5.41) is 7.84. The second-order valence-corrected chi connectivity index (χ2v) is 5.81. The van der Waals surface area contributed by atoms with Crippen LogP contribution in [0.15, 0.2) is 6.33 Å². The Bertz CT molecular complexity index is 502. The van der Waals surface area contributed by atoms with E-state index in [-0.39, 0.29) is 18.2 Å². The highest BCUT2D eigenvalue weighted by Gasteiger charge is 2.14. The molecule has 0 saturated heterocycles. The zero-order valence-corrected chi connectivity index (χ0v) is 11.2. The molecule has 18 heavy (non-hydrogen) atoms. The van der Waals surface area contributed by atoms with Gasteiger partial charge in [0.2, 0.25) is 10.0 Å². The molecule has 0 saturated carbocycles. The Kier molecular flexibility index (Phi) is 4.82. The van der Waals surface area contributed by atoms with Gasteiger partial charge < -0.3 is 10.7 Å². The molecule has 102 valence electrons. The van der Waals surface area contributed by atoms with Crippen molar-refractivity contribution in [1.29, 1.82) is 0 Å². The van der Waals surface area contributed by atoms with E-state index in [0.717, 1.165) is 5.56 Å². The van der Waals surface area contributed by atoms with Crippen molar-refractivity contribution < 1.29 is 8.42 Å². The lowest BCUT2D eigenvalue weighted by Crippen LogP contribution is -2.23. The maximum Gasteiger partial charge on any atom is 0.210 e. The third kappa shape index (κ3) is 4.09. The molecule has 0 aliphatic rings. The SMILES string of the molecule is CC(C)c1c(NN)ncnc1NCCS(N)(=O)=O. The summed E-state index contributed by atoms with van der Waals surface area (Å²) in [6.45, 7) is 4.11. The molecule has 8 nitrogen and oxygen atoms in total. The summed E-state index contributed by atoms with van der Waals surface area (Å²) >= 11 is 0. The van der Waals surface area contributed by atoms with Gasteiger partial charge in [0, 0.05) is 12.1 Å². The summed E-state index contributed by atoms with van der Waals surface area (Å²) in [5.41, 5.74) is 3.29. The van der Waals surface area contributed by atoms with Gasteiger partial charge in [0.25, 0.3) is 0 Å². The van der Waals surface area contributed by atoms with Crippen LogP contribution in [0.2, 0.25) is 0 Å². The number of aromatic nitrogens is 2. The molecular weight excluding hydrogens is 256 g/mol. The molecule has 0 bridgehead atoms. The summed E-state index contributed by atoms with van der Waals surface area (Å²) < 4.78 is 21.7. The highest BCUT2D eigenvalue weighted by atomic mass is 32.2. The lowest BCUT2D eigenvalue weighted by atomic mass is 10.0. The Labute approximate surface area is 106 Å². The van der Waals surface area contributed by atoms with Crippen molar-refractivity contribution in [3.05, 3.63) is 11.9 Å². The minimum absolute atomic E-state index is 0.134. The van der Waals surface area contributed by atoms with Crippen molar-refractivity contribution in [2.45, 2.75) is 19.8 Å². The Hall–Kier alpha value is -1.45. The van der Waals surface area contributed by atoms with E-state index in [2.05, 4.69) is 20.7 Å². The number of nitrogens with two attached hydrogens (primary N) is 2. The van der Waals surface area contributed by atoms with Crippen LogP contribution in [0, 0.1) is 0 Å². The maximum atomic E-state index is 10.8. The fraction of sp³-hybridized carbons (Fsp3) is 0.556. The number of nitrogens with zero attached hydrogens (tertiary/aromatic N) is 2. The molecule has 0 spiro atoms. The van der Waals surface area contributed by atoms with Crippen molar-refractivity contribution in [2.75, 3.05) is 23.0 Å². The fourth-order valence-electron chi connectivity index (χ4n) is 1.51. The van der Waals surface area contributed by atoms with Crippen LogP contribution in [0.3, 0.4) is 0 Å². The van der Waals surface area contributed by atoms with Gasteiger partial charge in [-0.1, -0.05) is 13.8 Å². The van der Waals surface area contributed by atoms with E-state index < -0.39 is 10.0 Å². The predicted octanol–water partition coefficient (Wildman–Crippen LogP) is -0.414. The van der Waals surface area contributed by atoms with Gasteiger partial charge in [-0.05, 0) is 5.92 Å².